The van der Waals surface area contributed by atoms with Crippen LogP contribution in [0.5, 0.6) is 5.75 Å². The first kappa shape index (κ1) is 23.2. The zero-order valence-corrected chi connectivity index (χ0v) is 20.2. The van der Waals surface area contributed by atoms with E-state index in [4.69, 9.17) is 0 Å². The van der Waals surface area contributed by atoms with Gasteiger partial charge in [0.05, 0.1) is 12.2 Å². The van der Waals surface area contributed by atoms with Crippen molar-refractivity contribution in [1.29, 1.82) is 0 Å². The third-order valence-electron chi connectivity index (χ3n) is 5.89. The predicted molar refractivity (Wildman–Crippen MR) is 134 cm³/mol. The Labute approximate surface area is 200 Å². The smallest absolute Gasteiger partial charge is 0.242 e. The highest BCUT2D eigenvalue weighted by atomic mass is 127. The van der Waals surface area contributed by atoms with Crippen LogP contribution in [0.2, 0.25) is 0 Å². The fraction of sp³-hybridized carbons (Fsp3) is 0.391. The van der Waals surface area contributed by atoms with E-state index < -0.39 is 0 Å². The molecule has 0 aromatic heterocycles. The summed E-state index contributed by atoms with van der Waals surface area (Å²) in [4.78, 5) is 23.4. The molecule has 0 radical (unpaired) electrons. The van der Waals surface area contributed by atoms with Gasteiger partial charge in [-0.05, 0) is 29.7 Å². The number of aliphatic imine (C=N–C) groups is 1. The first-order valence-electron chi connectivity index (χ1n) is 10.5. The van der Waals surface area contributed by atoms with E-state index in [0.29, 0.717) is 12.3 Å². The van der Waals surface area contributed by atoms with Gasteiger partial charge in [-0.25, -0.2) is 0 Å². The number of nitrogens with zero attached hydrogens (tertiary/aromatic N) is 4. The molecule has 2 aromatic carbocycles. The molecule has 166 valence electrons. The number of carbonyl (C=O) groups excluding carboxylic acids is 1. The number of amides is 1. The van der Waals surface area contributed by atoms with Crippen molar-refractivity contribution in [2.45, 2.75) is 13.0 Å². The number of anilines is 1. The van der Waals surface area contributed by atoms with Crippen LogP contribution in [0.1, 0.15) is 11.1 Å². The number of para-hydroxylation sites is 2. The average Bonchev–Trinajstić information content (AvgIpc) is 2.80. The molecule has 0 unspecified atom stereocenters. The number of hydrogen-bond donors (Lipinski definition) is 2. The molecule has 0 aliphatic carbocycles. The highest BCUT2D eigenvalue weighted by Gasteiger charge is 2.23. The first-order valence-corrected chi connectivity index (χ1v) is 10.5. The maximum absolute atomic E-state index is 12.7. The molecular formula is C23H30IN5O2. The fourth-order valence-electron chi connectivity index (χ4n) is 4.20. The van der Waals surface area contributed by atoms with Crippen molar-refractivity contribution in [3.05, 3.63) is 59.7 Å². The van der Waals surface area contributed by atoms with E-state index >= 15 is 0 Å². The Kier molecular flexibility index (Phi) is 8.00. The van der Waals surface area contributed by atoms with Crippen molar-refractivity contribution in [1.82, 2.24) is 15.1 Å². The second-order valence-electron chi connectivity index (χ2n) is 7.70. The van der Waals surface area contributed by atoms with E-state index in [1.165, 1.54) is 11.1 Å². The van der Waals surface area contributed by atoms with Gasteiger partial charge in [-0.3, -0.25) is 9.79 Å². The molecule has 0 bridgehead atoms. The topological polar surface area (TPSA) is 71.4 Å². The second kappa shape index (κ2) is 10.7. The van der Waals surface area contributed by atoms with E-state index in [2.05, 4.69) is 38.3 Å². The largest absolute Gasteiger partial charge is 0.506 e. The van der Waals surface area contributed by atoms with Gasteiger partial charge in [-0.2, -0.15) is 0 Å². The number of phenols is 1. The van der Waals surface area contributed by atoms with Crippen LogP contribution in [0, 0.1) is 0 Å². The van der Waals surface area contributed by atoms with E-state index in [-0.39, 0.29) is 36.4 Å². The number of hydrogen-bond acceptors (Lipinski definition) is 4. The van der Waals surface area contributed by atoms with Gasteiger partial charge in [0.2, 0.25) is 5.91 Å². The Hall–Kier alpha value is -2.49. The first-order chi connectivity index (χ1) is 14.7. The van der Waals surface area contributed by atoms with Crippen LogP contribution < -0.4 is 10.2 Å². The molecule has 1 saturated heterocycles. The lowest BCUT2D eigenvalue weighted by atomic mass is 10.00. The predicted octanol–water partition coefficient (Wildman–Crippen LogP) is 2.29. The number of fused-ring (bicyclic) bond motifs is 1. The Bertz CT molecular complexity index is 928. The van der Waals surface area contributed by atoms with Gasteiger partial charge < -0.3 is 25.1 Å². The van der Waals surface area contributed by atoms with Gasteiger partial charge in [0, 0.05) is 46.3 Å². The summed E-state index contributed by atoms with van der Waals surface area (Å²) in [7, 11) is 1.75. The fourth-order valence-corrected chi connectivity index (χ4v) is 4.20. The number of nitrogens with one attached hydrogen (secondary N) is 1. The molecule has 0 saturated carbocycles. The van der Waals surface area contributed by atoms with Gasteiger partial charge in [0.25, 0.3) is 0 Å². The van der Waals surface area contributed by atoms with Crippen LogP contribution in [0.15, 0.2) is 53.5 Å². The molecule has 1 amide bonds. The van der Waals surface area contributed by atoms with Crippen molar-refractivity contribution < 1.29 is 9.90 Å². The average molecular weight is 535 g/mol. The van der Waals surface area contributed by atoms with E-state index in [0.717, 1.165) is 50.8 Å². The molecule has 2 aromatic rings. The van der Waals surface area contributed by atoms with Crippen molar-refractivity contribution in [2.24, 2.45) is 4.99 Å². The van der Waals surface area contributed by atoms with Gasteiger partial charge >= 0.3 is 0 Å². The van der Waals surface area contributed by atoms with Gasteiger partial charge in [0.1, 0.15) is 5.75 Å². The van der Waals surface area contributed by atoms with E-state index in [1.807, 2.05) is 29.2 Å². The number of piperazine rings is 1. The molecule has 2 N–H and O–H groups in total. The summed E-state index contributed by atoms with van der Waals surface area (Å²) < 4.78 is 0. The van der Waals surface area contributed by atoms with E-state index in [1.54, 1.807) is 13.1 Å². The number of phenolic OH excluding ortho intramolecular Hbond substituents is 1. The third-order valence-corrected chi connectivity index (χ3v) is 5.89. The summed E-state index contributed by atoms with van der Waals surface area (Å²) >= 11 is 0. The van der Waals surface area contributed by atoms with Crippen LogP contribution >= 0.6 is 24.0 Å². The van der Waals surface area contributed by atoms with Crippen LogP contribution in [0.3, 0.4) is 0 Å². The molecule has 2 heterocycles. The number of halogens is 1. The lowest BCUT2D eigenvalue weighted by molar-refractivity contribution is -0.130. The number of aromatic hydroxyl groups is 1. The monoisotopic (exact) mass is 535 g/mol. The summed E-state index contributed by atoms with van der Waals surface area (Å²) in [5, 5.41) is 13.3. The number of guanidine groups is 1. The standard InChI is InChI=1S/C23H29N5O2.HI/c1-24-23(27-14-12-26(13-15-27)20-8-4-5-9-21(20)29)25-16-22(30)28-11-10-18-6-2-3-7-19(18)17-28;/h2-9,29H,10-17H2,1H3,(H,24,25);1H. The summed E-state index contributed by atoms with van der Waals surface area (Å²) in [6, 6.07) is 15.8. The molecule has 1 fully saturated rings. The maximum atomic E-state index is 12.7. The Morgan fingerprint density at radius 3 is 2.35 bits per heavy atom. The van der Waals surface area contributed by atoms with Crippen molar-refractivity contribution in [2.75, 3.05) is 51.2 Å². The minimum atomic E-state index is 0. The quantitative estimate of drug-likeness (QED) is 0.359. The maximum Gasteiger partial charge on any atom is 0.242 e. The highest BCUT2D eigenvalue weighted by molar-refractivity contribution is 14.0. The van der Waals surface area contributed by atoms with Crippen LogP contribution in [-0.4, -0.2) is 73.1 Å². The number of carbonyl (C=O) groups is 1. The summed E-state index contributed by atoms with van der Waals surface area (Å²) in [5.74, 6) is 1.15. The molecule has 31 heavy (non-hydrogen) atoms. The molecule has 7 nitrogen and oxygen atoms in total. The van der Waals surface area contributed by atoms with Crippen LogP contribution in [0.25, 0.3) is 0 Å². The minimum Gasteiger partial charge on any atom is -0.506 e. The lowest BCUT2D eigenvalue weighted by Gasteiger charge is -2.38. The second-order valence-corrected chi connectivity index (χ2v) is 7.70. The van der Waals surface area contributed by atoms with E-state index in [9.17, 15) is 9.90 Å². The summed E-state index contributed by atoms with van der Waals surface area (Å²) in [5.41, 5.74) is 3.44. The van der Waals surface area contributed by atoms with Crippen molar-refractivity contribution in [3.63, 3.8) is 0 Å². The van der Waals surface area contributed by atoms with Gasteiger partial charge in [0.15, 0.2) is 5.96 Å². The summed E-state index contributed by atoms with van der Waals surface area (Å²) in [6.07, 6.45) is 0.908. The Morgan fingerprint density at radius 2 is 1.65 bits per heavy atom. The van der Waals surface area contributed by atoms with Crippen molar-refractivity contribution >= 4 is 41.5 Å². The molecule has 0 atom stereocenters. The van der Waals surface area contributed by atoms with Crippen LogP contribution in [-0.2, 0) is 17.8 Å². The minimum absolute atomic E-state index is 0. The van der Waals surface area contributed by atoms with Crippen molar-refractivity contribution in [3.8, 4) is 5.75 Å². The zero-order chi connectivity index (χ0) is 20.9. The van der Waals surface area contributed by atoms with Crippen LogP contribution in [0.4, 0.5) is 5.69 Å². The highest BCUT2D eigenvalue weighted by Crippen LogP contribution is 2.27. The Balaban J connectivity index is 0.00000272. The number of benzene rings is 2. The molecule has 2 aliphatic heterocycles. The molecule has 0 spiro atoms. The Morgan fingerprint density at radius 1 is 0.968 bits per heavy atom. The normalized spacial score (nSPS) is 16.4. The van der Waals surface area contributed by atoms with Gasteiger partial charge in [-0.15, -0.1) is 24.0 Å². The molecular weight excluding hydrogens is 505 g/mol. The lowest BCUT2D eigenvalue weighted by Crippen LogP contribution is -2.54. The summed E-state index contributed by atoms with van der Waals surface area (Å²) in [6.45, 7) is 4.81. The number of rotatable bonds is 3. The molecule has 4 rings (SSSR count). The SMILES string of the molecule is CN=C(NCC(=O)N1CCc2ccccc2C1)N1CCN(c2ccccc2O)CC1.I. The molecule has 2 aliphatic rings. The van der Waals surface area contributed by atoms with Gasteiger partial charge in [-0.1, -0.05) is 36.4 Å². The molecule has 8 heteroatoms. The third kappa shape index (κ3) is 5.41. The zero-order valence-electron chi connectivity index (χ0n) is 17.8.